The van der Waals surface area contributed by atoms with E-state index >= 15 is 0 Å². The van der Waals surface area contributed by atoms with Gasteiger partial charge in [0, 0.05) is 5.75 Å². The number of hydrogen-bond acceptors (Lipinski definition) is 5. The first kappa shape index (κ1) is 13.2. The molecule has 0 fully saturated rings. The van der Waals surface area contributed by atoms with Gasteiger partial charge in [-0.3, -0.25) is 10.2 Å². The summed E-state index contributed by atoms with van der Waals surface area (Å²) in [5, 5.41) is 2.73. The first-order valence-corrected chi connectivity index (χ1v) is 7.79. The Hall–Kier alpha value is -1.83. The summed E-state index contributed by atoms with van der Waals surface area (Å²) in [6, 6.07) is 9.82. The van der Waals surface area contributed by atoms with Crippen LogP contribution < -0.4 is 11.3 Å². The fraction of sp³-hybridized carbons (Fsp3) is 0.0769. The van der Waals surface area contributed by atoms with E-state index in [1.54, 1.807) is 11.8 Å². The lowest BCUT2D eigenvalue weighted by Crippen LogP contribution is -2.29. The maximum absolute atomic E-state index is 11.6. The van der Waals surface area contributed by atoms with Crippen LogP contribution in [0.3, 0.4) is 0 Å². The minimum absolute atomic E-state index is 0.250. The van der Waals surface area contributed by atoms with Crippen LogP contribution in [-0.4, -0.2) is 15.9 Å². The highest BCUT2D eigenvalue weighted by molar-refractivity contribution is 7.98. The van der Waals surface area contributed by atoms with E-state index in [1.807, 2.05) is 35.7 Å². The van der Waals surface area contributed by atoms with Gasteiger partial charge in [-0.15, -0.1) is 11.3 Å². The molecule has 7 heteroatoms. The first-order valence-electron chi connectivity index (χ1n) is 5.93. The highest BCUT2D eigenvalue weighted by atomic mass is 32.2. The van der Waals surface area contributed by atoms with Crippen LogP contribution in [0.5, 0.6) is 0 Å². The molecule has 5 nitrogen and oxygen atoms in total. The van der Waals surface area contributed by atoms with Crippen molar-refractivity contribution < 1.29 is 4.79 Å². The van der Waals surface area contributed by atoms with Crippen molar-refractivity contribution in [2.45, 2.75) is 10.9 Å². The topological polar surface area (TPSA) is 83.8 Å². The molecule has 0 aliphatic carbocycles. The smallest absolute Gasteiger partial charge is 0.275 e. The van der Waals surface area contributed by atoms with Gasteiger partial charge in [0.15, 0.2) is 5.16 Å². The Morgan fingerprint density at radius 2 is 2.25 bits per heavy atom. The van der Waals surface area contributed by atoms with Crippen LogP contribution in [0.4, 0.5) is 0 Å². The lowest BCUT2D eigenvalue weighted by molar-refractivity contribution is 0.0957. The molecule has 0 aliphatic heterocycles. The van der Waals surface area contributed by atoms with Crippen LogP contribution in [0.1, 0.15) is 15.2 Å². The summed E-state index contributed by atoms with van der Waals surface area (Å²) in [5.74, 6) is 5.60. The van der Waals surface area contributed by atoms with E-state index in [0.717, 1.165) is 21.8 Å². The zero-order chi connectivity index (χ0) is 13.9. The number of nitrogen functional groups attached to an aromatic ring is 1. The van der Waals surface area contributed by atoms with Crippen LogP contribution in [-0.2, 0) is 5.75 Å². The molecule has 1 aromatic carbocycles. The number of hydrogen-bond donors (Lipinski definition) is 3. The summed E-state index contributed by atoms with van der Waals surface area (Å²) < 4.78 is 0. The molecule has 2 heterocycles. The van der Waals surface area contributed by atoms with Gasteiger partial charge in [0.05, 0.1) is 15.9 Å². The molecule has 0 spiro atoms. The lowest BCUT2D eigenvalue weighted by atomic mass is 10.3. The molecule has 0 aliphatic rings. The van der Waals surface area contributed by atoms with Crippen molar-refractivity contribution in [2.75, 3.05) is 0 Å². The minimum atomic E-state index is -0.250. The molecule has 0 bridgehead atoms. The molecule has 0 radical (unpaired) electrons. The average molecular weight is 304 g/mol. The summed E-state index contributed by atoms with van der Waals surface area (Å²) in [5.41, 5.74) is 5.09. The summed E-state index contributed by atoms with van der Waals surface area (Å²) in [6.45, 7) is 0. The number of carbonyl (C=O) groups excluding carboxylic acids is 1. The number of para-hydroxylation sites is 2. The Kier molecular flexibility index (Phi) is 3.72. The number of nitrogens with zero attached hydrogens (tertiary/aromatic N) is 1. The number of rotatable bonds is 4. The number of thiophene rings is 1. The van der Waals surface area contributed by atoms with Crippen molar-refractivity contribution in [1.82, 2.24) is 15.4 Å². The highest BCUT2D eigenvalue weighted by Crippen LogP contribution is 2.26. The van der Waals surface area contributed by atoms with Crippen molar-refractivity contribution in [3.05, 3.63) is 46.2 Å². The second kappa shape index (κ2) is 5.66. The van der Waals surface area contributed by atoms with Gasteiger partial charge >= 0.3 is 0 Å². The number of aromatic amines is 1. The SMILES string of the molecule is NNC(=O)c1sccc1CSc1nc2ccccc2[nH]1. The predicted molar refractivity (Wildman–Crippen MR) is 81.6 cm³/mol. The Balaban J connectivity index is 1.76. The number of imidazole rings is 1. The molecule has 0 saturated heterocycles. The largest absolute Gasteiger partial charge is 0.333 e. The third-order valence-electron chi connectivity index (χ3n) is 2.82. The van der Waals surface area contributed by atoms with Gasteiger partial charge in [-0.25, -0.2) is 10.8 Å². The summed E-state index contributed by atoms with van der Waals surface area (Å²) in [4.78, 5) is 20.0. The van der Waals surface area contributed by atoms with Crippen LogP contribution in [0.15, 0.2) is 40.9 Å². The fourth-order valence-corrected chi connectivity index (χ4v) is 3.65. The van der Waals surface area contributed by atoms with E-state index in [-0.39, 0.29) is 5.91 Å². The molecule has 4 N–H and O–H groups in total. The molecule has 0 unspecified atom stereocenters. The Bertz CT molecular complexity index is 717. The maximum atomic E-state index is 11.6. The minimum Gasteiger partial charge on any atom is -0.333 e. The molecule has 1 amide bonds. The van der Waals surface area contributed by atoms with E-state index in [9.17, 15) is 4.79 Å². The van der Waals surface area contributed by atoms with Crippen LogP contribution in [0.2, 0.25) is 0 Å². The van der Waals surface area contributed by atoms with Gasteiger partial charge in [0.2, 0.25) is 0 Å². The van der Waals surface area contributed by atoms with Crippen molar-refractivity contribution in [1.29, 1.82) is 0 Å². The number of H-pyrrole nitrogens is 1. The lowest BCUT2D eigenvalue weighted by Gasteiger charge is -2.00. The number of carbonyl (C=O) groups is 1. The molecular weight excluding hydrogens is 292 g/mol. The van der Waals surface area contributed by atoms with Crippen molar-refractivity contribution in [3.63, 3.8) is 0 Å². The number of fused-ring (bicyclic) bond motifs is 1. The molecule has 20 heavy (non-hydrogen) atoms. The maximum Gasteiger partial charge on any atom is 0.275 e. The van der Waals surface area contributed by atoms with Crippen LogP contribution in [0, 0.1) is 0 Å². The van der Waals surface area contributed by atoms with Crippen molar-refractivity contribution in [3.8, 4) is 0 Å². The highest BCUT2D eigenvalue weighted by Gasteiger charge is 2.12. The van der Waals surface area contributed by atoms with E-state index in [2.05, 4.69) is 15.4 Å². The summed E-state index contributed by atoms with van der Waals surface area (Å²) >= 11 is 2.95. The zero-order valence-corrected chi connectivity index (χ0v) is 12.1. The summed E-state index contributed by atoms with van der Waals surface area (Å²) in [7, 11) is 0. The third-order valence-corrected chi connectivity index (χ3v) is 4.69. The monoisotopic (exact) mass is 304 g/mol. The van der Waals surface area contributed by atoms with Gasteiger partial charge in [-0.2, -0.15) is 0 Å². The van der Waals surface area contributed by atoms with E-state index in [0.29, 0.717) is 10.6 Å². The Labute approximate surface area is 123 Å². The van der Waals surface area contributed by atoms with E-state index in [1.165, 1.54) is 11.3 Å². The number of hydrazine groups is 1. The first-order chi connectivity index (χ1) is 9.78. The Morgan fingerprint density at radius 1 is 1.40 bits per heavy atom. The number of benzene rings is 1. The third kappa shape index (κ3) is 2.55. The molecule has 102 valence electrons. The van der Waals surface area contributed by atoms with Gasteiger partial charge in [0.1, 0.15) is 0 Å². The fourth-order valence-electron chi connectivity index (χ4n) is 1.86. The van der Waals surface area contributed by atoms with Crippen molar-refractivity contribution in [2.24, 2.45) is 5.84 Å². The average Bonchev–Trinajstić information content (AvgIpc) is 3.10. The van der Waals surface area contributed by atoms with Gasteiger partial charge in [0.25, 0.3) is 5.91 Å². The molecule has 3 rings (SSSR count). The van der Waals surface area contributed by atoms with Gasteiger partial charge < -0.3 is 4.98 Å². The van der Waals surface area contributed by atoms with Crippen LogP contribution in [0.25, 0.3) is 11.0 Å². The normalized spacial score (nSPS) is 10.8. The number of nitrogens with two attached hydrogens (primary N) is 1. The molecular formula is C13H12N4OS2. The Morgan fingerprint density at radius 3 is 3.05 bits per heavy atom. The standard InChI is InChI=1S/C13H12N4OS2/c14-17-12(18)11-8(5-6-19-11)7-20-13-15-9-3-1-2-4-10(9)16-13/h1-6H,7,14H2,(H,15,16)(H,17,18). The van der Waals surface area contributed by atoms with Gasteiger partial charge in [-0.05, 0) is 29.1 Å². The summed E-state index contributed by atoms with van der Waals surface area (Å²) in [6.07, 6.45) is 0. The molecule has 3 aromatic rings. The molecule has 0 saturated carbocycles. The number of thioether (sulfide) groups is 1. The van der Waals surface area contributed by atoms with E-state index in [4.69, 9.17) is 5.84 Å². The molecule has 0 atom stereocenters. The number of amides is 1. The number of nitrogens with one attached hydrogen (secondary N) is 2. The molecule has 2 aromatic heterocycles. The van der Waals surface area contributed by atoms with E-state index < -0.39 is 0 Å². The quantitative estimate of drug-likeness (QED) is 0.299. The van der Waals surface area contributed by atoms with Crippen molar-refractivity contribution >= 4 is 40.0 Å². The number of aromatic nitrogens is 2. The van der Waals surface area contributed by atoms with Crippen LogP contribution >= 0.6 is 23.1 Å². The second-order valence-electron chi connectivity index (χ2n) is 4.10. The zero-order valence-electron chi connectivity index (χ0n) is 10.4. The second-order valence-corrected chi connectivity index (χ2v) is 5.98. The van der Waals surface area contributed by atoms with Gasteiger partial charge in [-0.1, -0.05) is 23.9 Å². The predicted octanol–water partition coefficient (Wildman–Crippen LogP) is 2.52.